The summed E-state index contributed by atoms with van der Waals surface area (Å²) in [6.07, 6.45) is 0.721. The third-order valence-corrected chi connectivity index (χ3v) is 3.79. The summed E-state index contributed by atoms with van der Waals surface area (Å²) in [4.78, 5) is 0.892. The first-order valence-electron chi connectivity index (χ1n) is 5.57. The van der Waals surface area contributed by atoms with Crippen molar-refractivity contribution in [2.75, 3.05) is 6.54 Å². The van der Waals surface area contributed by atoms with Gasteiger partial charge in [0.25, 0.3) is 0 Å². The van der Waals surface area contributed by atoms with Gasteiger partial charge in [0.05, 0.1) is 5.69 Å². The third-order valence-electron chi connectivity index (χ3n) is 2.73. The van der Waals surface area contributed by atoms with Crippen LogP contribution in [0.1, 0.15) is 5.82 Å². The molecule has 0 fully saturated rings. The molecule has 4 nitrogen and oxygen atoms in total. The van der Waals surface area contributed by atoms with Gasteiger partial charge >= 0.3 is 0 Å². The first-order valence-corrected chi connectivity index (χ1v) is 6.83. The number of hydrogen-bond donors (Lipinski definition) is 1. The van der Waals surface area contributed by atoms with E-state index < -0.39 is 0 Å². The lowest BCUT2D eigenvalue weighted by Crippen LogP contribution is -2.06. The van der Waals surface area contributed by atoms with Crippen LogP contribution in [0, 0.1) is 0 Å². The number of halogens is 1. The molecule has 0 atom stereocenters. The maximum Gasteiger partial charge on any atom is 0.216 e. The quantitative estimate of drug-likeness (QED) is 0.801. The summed E-state index contributed by atoms with van der Waals surface area (Å²) >= 11 is 7.48. The minimum atomic E-state index is 0.566. The van der Waals surface area contributed by atoms with E-state index in [0.29, 0.717) is 6.54 Å². The van der Waals surface area contributed by atoms with Crippen molar-refractivity contribution in [2.24, 2.45) is 5.73 Å². The lowest BCUT2D eigenvalue weighted by molar-refractivity contribution is 0.851. The van der Waals surface area contributed by atoms with Gasteiger partial charge < -0.3 is 5.73 Å². The smallest absolute Gasteiger partial charge is 0.216 e. The summed E-state index contributed by atoms with van der Waals surface area (Å²) in [7, 11) is 0. The Morgan fingerprint density at radius 2 is 2.00 bits per heavy atom. The normalized spacial score (nSPS) is 11.2. The van der Waals surface area contributed by atoms with E-state index in [2.05, 4.69) is 20.0 Å². The molecule has 2 heterocycles. The molecule has 0 unspecified atom stereocenters. The average molecular weight is 279 g/mol. The lowest BCUT2D eigenvalue weighted by Gasteiger charge is -2.02. The minimum Gasteiger partial charge on any atom is -0.330 e. The summed E-state index contributed by atoms with van der Waals surface area (Å²) in [5, 5.41) is 11.1. The molecule has 0 bridgehead atoms. The molecule has 0 saturated heterocycles. The molecule has 0 amide bonds. The van der Waals surface area contributed by atoms with Gasteiger partial charge in [-0.25, -0.2) is 0 Å². The number of nitrogens with zero attached hydrogens (tertiary/aromatic N) is 3. The van der Waals surface area contributed by atoms with Crippen LogP contribution in [-0.2, 0) is 6.42 Å². The number of aromatic nitrogens is 3. The summed E-state index contributed by atoms with van der Waals surface area (Å²) in [5.41, 5.74) is 7.78. The first-order chi connectivity index (χ1) is 8.79. The van der Waals surface area contributed by atoms with Crippen molar-refractivity contribution in [2.45, 2.75) is 6.42 Å². The highest BCUT2D eigenvalue weighted by atomic mass is 35.5. The Labute approximate surface area is 113 Å². The topological polar surface area (TPSA) is 56.2 Å². The molecular formula is C12H11ClN4S. The Balaban J connectivity index is 2.16. The van der Waals surface area contributed by atoms with Crippen LogP contribution in [-0.4, -0.2) is 21.1 Å². The second-order valence-corrected chi connectivity index (χ2v) is 5.17. The standard InChI is InChI=1S/C12H11ClN4S/c13-9-3-1-8(2-4-9)10-7-18-12-16-15-11(5-6-14)17(10)12/h1-4,7H,5-6,14H2. The predicted molar refractivity (Wildman–Crippen MR) is 74.1 cm³/mol. The molecule has 18 heavy (non-hydrogen) atoms. The number of nitrogens with two attached hydrogens (primary N) is 1. The predicted octanol–water partition coefficient (Wildman–Crippen LogP) is 2.61. The Morgan fingerprint density at radius 3 is 2.72 bits per heavy atom. The van der Waals surface area contributed by atoms with E-state index in [0.717, 1.165) is 33.5 Å². The number of hydrogen-bond acceptors (Lipinski definition) is 4. The van der Waals surface area contributed by atoms with Gasteiger partial charge in [0.2, 0.25) is 4.96 Å². The summed E-state index contributed by atoms with van der Waals surface area (Å²) in [6, 6.07) is 7.76. The maximum atomic E-state index is 5.91. The average Bonchev–Trinajstić information content (AvgIpc) is 2.94. The van der Waals surface area contributed by atoms with Crippen LogP contribution in [0.3, 0.4) is 0 Å². The van der Waals surface area contributed by atoms with Crippen molar-refractivity contribution in [1.82, 2.24) is 14.6 Å². The summed E-state index contributed by atoms with van der Waals surface area (Å²) in [6.45, 7) is 0.566. The van der Waals surface area contributed by atoms with Crippen molar-refractivity contribution in [1.29, 1.82) is 0 Å². The Hall–Kier alpha value is -1.43. The maximum absolute atomic E-state index is 5.91. The number of fused-ring (bicyclic) bond motifs is 1. The second-order valence-electron chi connectivity index (χ2n) is 3.90. The van der Waals surface area contributed by atoms with E-state index in [-0.39, 0.29) is 0 Å². The molecular weight excluding hydrogens is 268 g/mol. The molecule has 0 aliphatic heterocycles. The van der Waals surface area contributed by atoms with E-state index in [1.807, 2.05) is 24.3 Å². The van der Waals surface area contributed by atoms with Crippen LogP contribution in [0.4, 0.5) is 0 Å². The van der Waals surface area contributed by atoms with Crippen LogP contribution in [0.25, 0.3) is 16.2 Å². The van der Waals surface area contributed by atoms with Gasteiger partial charge in [0, 0.05) is 16.8 Å². The van der Waals surface area contributed by atoms with Crippen LogP contribution in [0.5, 0.6) is 0 Å². The van der Waals surface area contributed by atoms with E-state index in [1.54, 1.807) is 11.3 Å². The molecule has 0 aliphatic carbocycles. The first kappa shape index (κ1) is 11.6. The van der Waals surface area contributed by atoms with E-state index in [9.17, 15) is 0 Å². The number of benzene rings is 1. The van der Waals surface area contributed by atoms with Gasteiger partial charge in [-0.05, 0) is 24.2 Å². The second kappa shape index (κ2) is 4.68. The van der Waals surface area contributed by atoms with Gasteiger partial charge in [-0.15, -0.1) is 21.5 Å². The van der Waals surface area contributed by atoms with Crippen molar-refractivity contribution in [3.05, 3.63) is 40.5 Å². The van der Waals surface area contributed by atoms with Crippen molar-refractivity contribution >= 4 is 27.9 Å². The van der Waals surface area contributed by atoms with Gasteiger partial charge in [0.15, 0.2) is 0 Å². The zero-order valence-electron chi connectivity index (χ0n) is 9.51. The molecule has 1 aromatic carbocycles. The zero-order chi connectivity index (χ0) is 12.5. The lowest BCUT2D eigenvalue weighted by atomic mass is 10.2. The Morgan fingerprint density at radius 1 is 1.22 bits per heavy atom. The van der Waals surface area contributed by atoms with Crippen LogP contribution < -0.4 is 5.73 Å². The van der Waals surface area contributed by atoms with E-state index in [1.165, 1.54) is 0 Å². The molecule has 0 saturated carbocycles. The molecule has 3 aromatic rings. The van der Waals surface area contributed by atoms with Crippen molar-refractivity contribution in [3.8, 4) is 11.3 Å². The third kappa shape index (κ3) is 1.90. The molecule has 2 N–H and O–H groups in total. The molecule has 3 rings (SSSR count). The molecule has 6 heteroatoms. The minimum absolute atomic E-state index is 0.566. The molecule has 0 radical (unpaired) electrons. The highest BCUT2D eigenvalue weighted by Gasteiger charge is 2.12. The SMILES string of the molecule is NCCc1nnc2scc(-c3ccc(Cl)cc3)n12. The van der Waals surface area contributed by atoms with Crippen LogP contribution in [0.2, 0.25) is 5.02 Å². The molecule has 0 aliphatic rings. The largest absolute Gasteiger partial charge is 0.330 e. The highest BCUT2D eigenvalue weighted by Crippen LogP contribution is 2.27. The van der Waals surface area contributed by atoms with Crippen molar-refractivity contribution < 1.29 is 0 Å². The fraction of sp³-hybridized carbons (Fsp3) is 0.167. The number of thiazole rings is 1. The van der Waals surface area contributed by atoms with E-state index in [4.69, 9.17) is 17.3 Å². The number of rotatable bonds is 3. The van der Waals surface area contributed by atoms with Gasteiger partial charge in [0.1, 0.15) is 5.82 Å². The summed E-state index contributed by atoms with van der Waals surface area (Å²) < 4.78 is 2.06. The van der Waals surface area contributed by atoms with Crippen molar-refractivity contribution in [3.63, 3.8) is 0 Å². The highest BCUT2D eigenvalue weighted by molar-refractivity contribution is 7.15. The molecule has 0 spiro atoms. The van der Waals surface area contributed by atoms with E-state index >= 15 is 0 Å². The Kier molecular flexibility index (Phi) is 3.03. The fourth-order valence-electron chi connectivity index (χ4n) is 1.89. The Bertz CT molecular complexity index is 671. The van der Waals surface area contributed by atoms with Gasteiger partial charge in [-0.3, -0.25) is 4.40 Å². The van der Waals surface area contributed by atoms with Crippen LogP contribution in [0.15, 0.2) is 29.6 Å². The molecule has 92 valence electrons. The summed E-state index contributed by atoms with van der Waals surface area (Å²) in [5.74, 6) is 0.902. The van der Waals surface area contributed by atoms with Gasteiger partial charge in [-0.2, -0.15) is 0 Å². The molecule has 2 aromatic heterocycles. The van der Waals surface area contributed by atoms with Crippen LogP contribution >= 0.6 is 22.9 Å². The monoisotopic (exact) mass is 278 g/mol. The van der Waals surface area contributed by atoms with Gasteiger partial charge in [-0.1, -0.05) is 23.7 Å². The zero-order valence-corrected chi connectivity index (χ0v) is 11.1. The fourth-order valence-corrected chi connectivity index (χ4v) is 2.87.